The lowest BCUT2D eigenvalue weighted by molar-refractivity contribution is -0.118. The second-order valence-electron chi connectivity index (χ2n) is 7.36. The third kappa shape index (κ3) is 6.21. The van der Waals surface area contributed by atoms with E-state index >= 15 is 0 Å². The van der Waals surface area contributed by atoms with Crippen molar-refractivity contribution in [2.75, 3.05) is 5.75 Å². The SMILES string of the molecule is Cc1ccc(-n2c(SCC(=O)NN=CC(Cl)=Cc3ccccc3)nnc2-c2ccccc2)cc1. The molecule has 4 aromatic rings. The van der Waals surface area contributed by atoms with Crippen LogP contribution in [0.1, 0.15) is 11.1 Å². The van der Waals surface area contributed by atoms with Crippen LogP contribution in [0.15, 0.2) is 100 Å². The highest BCUT2D eigenvalue weighted by Crippen LogP contribution is 2.28. The van der Waals surface area contributed by atoms with Gasteiger partial charge in [-0.3, -0.25) is 9.36 Å². The Labute approximate surface area is 207 Å². The Bertz CT molecular complexity index is 1300. The largest absolute Gasteiger partial charge is 0.272 e. The van der Waals surface area contributed by atoms with Crippen LogP contribution in [-0.4, -0.2) is 32.6 Å². The standard InChI is InChI=1S/C26H22ClN5OS/c1-19-12-14-23(15-13-19)32-25(21-10-6-3-7-11-21)30-31-26(32)34-18-24(33)29-28-17-22(27)16-20-8-4-2-5-9-20/h2-17H,18H2,1H3,(H,29,33). The van der Waals surface area contributed by atoms with Gasteiger partial charge in [-0.2, -0.15) is 5.10 Å². The molecule has 1 N–H and O–H groups in total. The molecule has 1 amide bonds. The summed E-state index contributed by atoms with van der Waals surface area (Å²) in [6.45, 7) is 2.04. The summed E-state index contributed by atoms with van der Waals surface area (Å²) in [5.74, 6) is 0.559. The molecule has 0 spiro atoms. The highest BCUT2D eigenvalue weighted by molar-refractivity contribution is 7.99. The molecule has 6 nitrogen and oxygen atoms in total. The summed E-state index contributed by atoms with van der Waals surface area (Å²) in [4.78, 5) is 12.4. The number of allylic oxidation sites excluding steroid dienone is 1. The molecular formula is C26H22ClN5OS. The van der Waals surface area contributed by atoms with Crippen molar-refractivity contribution in [3.8, 4) is 17.1 Å². The van der Waals surface area contributed by atoms with Crippen LogP contribution in [0.25, 0.3) is 23.2 Å². The van der Waals surface area contributed by atoms with Crippen LogP contribution in [-0.2, 0) is 4.79 Å². The number of nitrogens with zero attached hydrogens (tertiary/aromatic N) is 4. The average molecular weight is 488 g/mol. The van der Waals surface area contributed by atoms with Gasteiger partial charge in [0.25, 0.3) is 5.91 Å². The molecule has 1 heterocycles. The van der Waals surface area contributed by atoms with Crippen molar-refractivity contribution in [2.24, 2.45) is 5.10 Å². The van der Waals surface area contributed by atoms with Gasteiger partial charge in [0, 0.05) is 11.3 Å². The van der Waals surface area contributed by atoms with E-state index in [0.717, 1.165) is 22.4 Å². The molecular weight excluding hydrogens is 466 g/mol. The molecule has 3 aromatic carbocycles. The summed E-state index contributed by atoms with van der Waals surface area (Å²) < 4.78 is 1.95. The minimum atomic E-state index is -0.273. The minimum Gasteiger partial charge on any atom is -0.272 e. The summed E-state index contributed by atoms with van der Waals surface area (Å²) in [5.41, 5.74) is 6.47. The maximum atomic E-state index is 12.4. The molecule has 0 saturated heterocycles. The number of aromatic nitrogens is 3. The third-order valence-electron chi connectivity index (χ3n) is 4.77. The number of nitrogens with one attached hydrogen (secondary N) is 1. The van der Waals surface area contributed by atoms with E-state index in [2.05, 4.69) is 20.7 Å². The quantitative estimate of drug-likeness (QED) is 0.196. The summed E-state index contributed by atoms with van der Waals surface area (Å²) in [7, 11) is 0. The number of hydrazone groups is 1. The van der Waals surface area contributed by atoms with Crippen molar-refractivity contribution >= 4 is 41.6 Å². The van der Waals surface area contributed by atoms with E-state index in [4.69, 9.17) is 11.6 Å². The number of rotatable bonds is 8. The lowest BCUT2D eigenvalue weighted by Crippen LogP contribution is -2.19. The van der Waals surface area contributed by atoms with Gasteiger partial charge in [0.1, 0.15) is 0 Å². The van der Waals surface area contributed by atoms with Crippen LogP contribution in [0, 0.1) is 6.92 Å². The maximum Gasteiger partial charge on any atom is 0.250 e. The number of amides is 1. The predicted octanol–water partition coefficient (Wildman–Crippen LogP) is 5.72. The molecule has 0 bridgehead atoms. The van der Waals surface area contributed by atoms with Gasteiger partial charge < -0.3 is 0 Å². The van der Waals surface area contributed by atoms with Gasteiger partial charge in [-0.1, -0.05) is 102 Å². The van der Waals surface area contributed by atoms with E-state index in [1.165, 1.54) is 18.0 Å². The second-order valence-corrected chi connectivity index (χ2v) is 8.74. The second kappa shape index (κ2) is 11.4. The molecule has 0 aliphatic heterocycles. The zero-order valence-corrected chi connectivity index (χ0v) is 20.0. The van der Waals surface area contributed by atoms with Crippen LogP contribution in [0.3, 0.4) is 0 Å². The maximum absolute atomic E-state index is 12.4. The fourth-order valence-corrected chi connectivity index (χ4v) is 4.06. The van der Waals surface area contributed by atoms with E-state index < -0.39 is 0 Å². The molecule has 0 radical (unpaired) electrons. The van der Waals surface area contributed by atoms with Gasteiger partial charge in [0.2, 0.25) is 0 Å². The smallest absolute Gasteiger partial charge is 0.250 e. The number of hydrogen-bond donors (Lipinski definition) is 1. The summed E-state index contributed by atoms with van der Waals surface area (Å²) in [6.07, 6.45) is 3.17. The first-order valence-corrected chi connectivity index (χ1v) is 11.9. The molecule has 34 heavy (non-hydrogen) atoms. The number of carbonyl (C=O) groups excluding carboxylic acids is 1. The Hall–Kier alpha value is -3.68. The first-order chi connectivity index (χ1) is 16.6. The number of halogens is 1. The van der Waals surface area contributed by atoms with Crippen LogP contribution in [0.5, 0.6) is 0 Å². The number of aryl methyl sites for hydroxylation is 1. The normalized spacial score (nSPS) is 11.6. The van der Waals surface area contributed by atoms with E-state index in [0.29, 0.717) is 16.0 Å². The predicted molar refractivity (Wildman–Crippen MR) is 139 cm³/mol. The zero-order chi connectivity index (χ0) is 23.8. The Morgan fingerprint density at radius 3 is 2.38 bits per heavy atom. The fraction of sp³-hybridized carbons (Fsp3) is 0.0769. The highest BCUT2D eigenvalue weighted by Gasteiger charge is 2.17. The Morgan fingerprint density at radius 1 is 1.00 bits per heavy atom. The van der Waals surface area contributed by atoms with Gasteiger partial charge in [-0.15, -0.1) is 10.2 Å². The average Bonchev–Trinajstić information content (AvgIpc) is 3.28. The summed E-state index contributed by atoms with van der Waals surface area (Å²) >= 11 is 7.45. The van der Waals surface area contributed by atoms with Crippen LogP contribution in [0.2, 0.25) is 0 Å². The van der Waals surface area contributed by atoms with E-state index in [1.54, 1.807) is 6.08 Å². The van der Waals surface area contributed by atoms with Gasteiger partial charge in [-0.25, -0.2) is 5.43 Å². The number of carbonyl (C=O) groups is 1. The third-order valence-corrected chi connectivity index (χ3v) is 5.91. The van der Waals surface area contributed by atoms with Crippen molar-refractivity contribution in [2.45, 2.75) is 12.1 Å². The van der Waals surface area contributed by atoms with Gasteiger partial charge >= 0.3 is 0 Å². The van der Waals surface area contributed by atoms with E-state index in [1.807, 2.05) is 96.4 Å². The Balaban J connectivity index is 1.45. The molecule has 8 heteroatoms. The monoisotopic (exact) mass is 487 g/mol. The van der Waals surface area contributed by atoms with Crippen molar-refractivity contribution in [3.63, 3.8) is 0 Å². The fourth-order valence-electron chi connectivity index (χ4n) is 3.14. The van der Waals surface area contributed by atoms with Gasteiger partial charge in [0.05, 0.1) is 17.0 Å². The van der Waals surface area contributed by atoms with Crippen molar-refractivity contribution < 1.29 is 4.79 Å². The van der Waals surface area contributed by atoms with Crippen LogP contribution >= 0.6 is 23.4 Å². The summed E-state index contributed by atoms with van der Waals surface area (Å²) in [6, 6.07) is 27.6. The molecule has 170 valence electrons. The topological polar surface area (TPSA) is 72.2 Å². The minimum absolute atomic E-state index is 0.121. The van der Waals surface area contributed by atoms with Crippen molar-refractivity contribution in [1.82, 2.24) is 20.2 Å². The lowest BCUT2D eigenvalue weighted by Gasteiger charge is -2.10. The Kier molecular flexibility index (Phi) is 7.91. The van der Waals surface area contributed by atoms with Crippen molar-refractivity contribution in [3.05, 3.63) is 101 Å². The molecule has 0 unspecified atom stereocenters. The first kappa shape index (κ1) is 23.5. The van der Waals surface area contributed by atoms with Crippen LogP contribution < -0.4 is 5.43 Å². The Morgan fingerprint density at radius 2 is 1.68 bits per heavy atom. The number of hydrogen-bond acceptors (Lipinski definition) is 5. The number of thioether (sulfide) groups is 1. The van der Waals surface area contributed by atoms with Gasteiger partial charge in [-0.05, 0) is 30.7 Å². The molecule has 0 saturated carbocycles. The molecule has 0 aliphatic rings. The van der Waals surface area contributed by atoms with Crippen molar-refractivity contribution in [1.29, 1.82) is 0 Å². The summed E-state index contributed by atoms with van der Waals surface area (Å²) in [5, 5.41) is 13.7. The molecule has 0 atom stereocenters. The van der Waals surface area contributed by atoms with Crippen LogP contribution in [0.4, 0.5) is 0 Å². The molecule has 0 fully saturated rings. The van der Waals surface area contributed by atoms with Gasteiger partial charge in [0.15, 0.2) is 11.0 Å². The van der Waals surface area contributed by atoms with E-state index in [9.17, 15) is 4.79 Å². The molecule has 1 aromatic heterocycles. The van der Waals surface area contributed by atoms with E-state index in [-0.39, 0.29) is 11.7 Å². The first-order valence-electron chi connectivity index (χ1n) is 10.5. The zero-order valence-electron chi connectivity index (χ0n) is 18.4. The number of benzene rings is 3. The molecule has 0 aliphatic carbocycles. The molecule has 4 rings (SSSR count). The highest BCUT2D eigenvalue weighted by atomic mass is 35.5. The lowest BCUT2D eigenvalue weighted by atomic mass is 10.2.